The Balaban J connectivity index is 2.72. The summed E-state index contributed by atoms with van der Waals surface area (Å²) in [6, 6.07) is 6.79. The van der Waals surface area contributed by atoms with Crippen LogP contribution in [0.5, 0.6) is 0 Å². The number of hydrogen-bond acceptors (Lipinski definition) is 3. The van der Waals surface area contributed by atoms with E-state index in [-0.39, 0.29) is 5.91 Å². The van der Waals surface area contributed by atoms with Gasteiger partial charge in [-0.3, -0.25) is 4.79 Å². The molecule has 0 bridgehead atoms. The fourth-order valence-electron chi connectivity index (χ4n) is 1.14. The molecule has 4 N–H and O–H groups in total. The maximum Gasteiger partial charge on any atom is 0.328 e. The molecule has 0 saturated carbocycles. The van der Waals surface area contributed by atoms with Crippen LogP contribution < -0.4 is 11.1 Å². The molecular weight excluding hydrogens is 232 g/mol. The van der Waals surface area contributed by atoms with Crippen molar-refractivity contribution in [2.45, 2.75) is 19.4 Å². The molecule has 0 aliphatic rings. The Bertz CT molecular complexity index is 470. The van der Waals surface area contributed by atoms with Crippen LogP contribution >= 0.6 is 0 Å². The normalized spacial score (nSPS) is 11.5. The van der Waals surface area contributed by atoms with E-state index in [0.29, 0.717) is 5.69 Å². The molecule has 5 nitrogen and oxygen atoms in total. The van der Waals surface area contributed by atoms with Gasteiger partial charge < -0.3 is 16.2 Å². The van der Waals surface area contributed by atoms with E-state index in [1.807, 2.05) is 0 Å². The second-order valence-electron chi connectivity index (χ2n) is 4.47. The van der Waals surface area contributed by atoms with Gasteiger partial charge in [-0.2, -0.15) is 0 Å². The number of nitrogens with one attached hydrogen (secondary N) is 1. The standard InChI is InChI=1S/C13H16N2O3/c1-13(2,14)12(18)15-10-6-3-9(4-7-10)5-8-11(16)17/h3-8H,14H2,1-2H3,(H,15,18)(H,16,17). The molecule has 0 radical (unpaired) electrons. The van der Waals surface area contributed by atoms with Gasteiger partial charge in [0.05, 0.1) is 5.54 Å². The zero-order valence-electron chi connectivity index (χ0n) is 10.3. The Morgan fingerprint density at radius 2 is 1.83 bits per heavy atom. The first-order chi connectivity index (χ1) is 8.29. The van der Waals surface area contributed by atoms with E-state index >= 15 is 0 Å². The monoisotopic (exact) mass is 248 g/mol. The highest BCUT2D eigenvalue weighted by molar-refractivity contribution is 5.97. The summed E-state index contributed by atoms with van der Waals surface area (Å²) in [4.78, 5) is 21.9. The molecule has 1 rings (SSSR count). The van der Waals surface area contributed by atoms with E-state index in [1.165, 1.54) is 6.08 Å². The second kappa shape index (κ2) is 5.46. The molecule has 0 unspecified atom stereocenters. The van der Waals surface area contributed by atoms with E-state index in [1.54, 1.807) is 38.1 Å². The Morgan fingerprint density at radius 1 is 1.28 bits per heavy atom. The van der Waals surface area contributed by atoms with Crippen molar-refractivity contribution in [3.8, 4) is 0 Å². The van der Waals surface area contributed by atoms with E-state index < -0.39 is 11.5 Å². The molecule has 1 aromatic carbocycles. The number of carbonyl (C=O) groups is 2. The van der Waals surface area contributed by atoms with Crippen molar-refractivity contribution in [2.24, 2.45) is 5.73 Å². The van der Waals surface area contributed by atoms with Gasteiger partial charge in [-0.1, -0.05) is 12.1 Å². The van der Waals surface area contributed by atoms with E-state index in [4.69, 9.17) is 10.8 Å². The summed E-state index contributed by atoms with van der Waals surface area (Å²) in [5.41, 5.74) is 6.06. The number of carbonyl (C=O) groups excluding carboxylic acids is 1. The van der Waals surface area contributed by atoms with E-state index in [2.05, 4.69) is 5.32 Å². The molecule has 0 atom stereocenters. The molecule has 5 heteroatoms. The average molecular weight is 248 g/mol. The lowest BCUT2D eigenvalue weighted by Crippen LogP contribution is -2.45. The minimum absolute atomic E-state index is 0.281. The molecule has 0 fully saturated rings. The van der Waals surface area contributed by atoms with Crippen molar-refractivity contribution in [2.75, 3.05) is 5.32 Å². The van der Waals surface area contributed by atoms with Crippen LogP contribution in [0.3, 0.4) is 0 Å². The summed E-state index contributed by atoms with van der Waals surface area (Å²) in [6.07, 6.45) is 2.53. The highest BCUT2D eigenvalue weighted by Crippen LogP contribution is 2.12. The van der Waals surface area contributed by atoms with Crippen molar-refractivity contribution in [3.05, 3.63) is 35.9 Å². The van der Waals surface area contributed by atoms with E-state index in [0.717, 1.165) is 11.6 Å². The summed E-state index contributed by atoms with van der Waals surface area (Å²) in [7, 11) is 0. The SMILES string of the molecule is CC(C)(N)C(=O)Nc1ccc(C=CC(=O)O)cc1. The molecule has 1 amide bonds. The molecule has 0 saturated heterocycles. The number of anilines is 1. The van der Waals surface area contributed by atoms with Crippen LogP contribution in [-0.4, -0.2) is 22.5 Å². The first-order valence-corrected chi connectivity index (χ1v) is 5.40. The van der Waals surface area contributed by atoms with Crippen LogP contribution in [0.2, 0.25) is 0 Å². The average Bonchev–Trinajstić information content (AvgIpc) is 2.26. The maximum atomic E-state index is 11.6. The van der Waals surface area contributed by atoms with E-state index in [9.17, 15) is 9.59 Å². The second-order valence-corrected chi connectivity index (χ2v) is 4.47. The quantitative estimate of drug-likeness (QED) is 0.703. The molecule has 0 spiro atoms. The maximum absolute atomic E-state index is 11.6. The topological polar surface area (TPSA) is 92.4 Å². The Hall–Kier alpha value is -2.14. The van der Waals surface area contributed by atoms with Gasteiger partial charge in [-0.25, -0.2) is 4.79 Å². The Kier molecular flexibility index (Phi) is 4.23. The Labute approximate surface area is 105 Å². The highest BCUT2D eigenvalue weighted by atomic mass is 16.4. The number of nitrogens with two attached hydrogens (primary N) is 1. The minimum Gasteiger partial charge on any atom is -0.478 e. The minimum atomic E-state index is -1.00. The van der Waals surface area contributed by atoms with Gasteiger partial charge in [0.25, 0.3) is 0 Å². The van der Waals surface area contributed by atoms with Crippen molar-refractivity contribution in [3.63, 3.8) is 0 Å². The lowest BCUT2D eigenvalue weighted by atomic mass is 10.1. The number of carboxylic acids is 1. The molecule has 0 aliphatic carbocycles. The number of aliphatic carboxylic acids is 1. The number of rotatable bonds is 4. The third kappa shape index (κ3) is 4.39. The molecular formula is C13H16N2O3. The summed E-state index contributed by atoms with van der Waals surface area (Å²) < 4.78 is 0. The number of amides is 1. The van der Waals surface area contributed by atoms with Crippen LogP contribution in [0.1, 0.15) is 19.4 Å². The first kappa shape index (κ1) is 13.9. The van der Waals surface area contributed by atoms with Gasteiger partial charge in [-0.05, 0) is 37.6 Å². The zero-order chi connectivity index (χ0) is 13.8. The van der Waals surface area contributed by atoms with Crippen LogP contribution in [0.25, 0.3) is 6.08 Å². The van der Waals surface area contributed by atoms with Gasteiger partial charge in [0, 0.05) is 11.8 Å². The first-order valence-electron chi connectivity index (χ1n) is 5.40. The molecule has 18 heavy (non-hydrogen) atoms. The number of hydrogen-bond donors (Lipinski definition) is 3. The van der Waals surface area contributed by atoms with Gasteiger partial charge >= 0.3 is 5.97 Å². The highest BCUT2D eigenvalue weighted by Gasteiger charge is 2.21. The predicted molar refractivity (Wildman–Crippen MR) is 70.0 cm³/mol. The van der Waals surface area contributed by atoms with Crippen molar-refractivity contribution in [1.82, 2.24) is 0 Å². The zero-order valence-corrected chi connectivity index (χ0v) is 10.3. The third-order valence-corrected chi connectivity index (χ3v) is 2.17. The van der Waals surface area contributed by atoms with Crippen LogP contribution in [-0.2, 0) is 9.59 Å². The summed E-state index contributed by atoms with van der Waals surface area (Å²) >= 11 is 0. The third-order valence-electron chi connectivity index (χ3n) is 2.17. The Morgan fingerprint density at radius 3 is 2.28 bits per heavy atom. The van der Waals surface area contributed by atoms with Crippen molar-refractivity contribution in [1.29, 1.82) is 0 Å². The lowest BCUT2D eigenvalue weighted by molar-refractivity contribution is -0.131. The summed E-state index contributed by atoms with van der Waals surface area (Å²) in [6.45, 7) is 3.23. The molecule has 0 aromatic heterocycles. The fraction of sp³-hybridized carbons (Fsp3) is 0.231. The van der Waals surface area contributed by atoms with Crippen LogP contribution in [0, 0.1) is 0 Å². The van der Waals surface area contributed by atoms with Crippen LogP contribution in [0.4, 0.5) is 5.69 Å². The van der Waals surface area contributed by atoms with Gasteiger partial charge in [-0.15, -0.1) is 0 Å². The number of carboxylic acid groups (broad SMARTS) is 1. The van der Waals surface area contributed by atoms with Crippen molar-refractivity contribution >= 4 is 23.6 Å². The smallest absolute Gasteiger partial charge is 0.328 e. The number of benzene rings is 1. The molecule has 0 heterocycles. The molecule has 1 aromatic rings. The summed E-state index contributed by atoms with van der Waals surface area (Å²) in [5.74, 6) is -1.28. The van der Waals surface area contributed by atoms with Gasteiger partial charge in [0.1, 0.15) is 0 Å². The van der Waals surface area contributed by atoms with Crippen LogP contribution in [0.15, 0.2) is 30.3 Å². The molecule has 96 valence electrons. The summed E-state index contributed by atoms with van der Waals surface area (Å²) in [5, 5.41) is 11.1. The largest absolute Gasteiger partial charge is 0.478 e. The van der Waals surface area contributed by atoms with Gasteiger partial charge in [0.15, 0.2) is 0 Å². The lowest BCUT2D eigenvalue weighted by Gasteiger charge is -2.17. The predicted octanol–water partition coefficient (Wildman–Crippen LogP) is 1.46. The van der Waals surface area contributed by atoms with Gasteiger partial charge in [0.2, 0.25) is 5.91 Å². The molecule has 0 aliphatic heterocycles. The van der Waals surface area contributed by atoms with Crippen molar-refractivity contribution < 1.29 is 14.7 Å². The fourth-order valence-corrected chi connectivity index (χ4v) is 1.14.